The van der Waals surface area contributed by atoms with Crippen molar-refractivity contribution in [2.45, 2.75) is 6.10 Å². The summed E-state index contributed by atoms with van der Waals surface area (Å²) in [4.78, 5) is 8.11. The Kier molecular flexibility index (Phi) is 1.96. The first kappa shape index (κ1) is 8.15. The summed E-state index contributed by atoms with van der Waals surface area (Å²) in [5.41, 5.74) is 6.51. The van der Waals surface area contributed by atoms with Gasteiger partial charge in [-0.25, -0.2) is 4.98 Å². The van der Waals surface area contributed by atoms with Crippen molar-refractivity contribution in [3.8, 4) is 0 Å². The van der Waals surface area contributed by atoms with Crippen LogP contribution in [0, 0.1) is 0 Å². The fourth-order valence-corrected chi connectivity index (χ4v) is 1.22. The lowest BCUT2D eigenvalue weighted by Gasteiger charge is -2.07. The first-order valence-corrected chi connectivity index (χ1v) is 3.98. The van der Waals surface area contributed by atoms with Gasteiger partial charge in [0.1, 0.15) is 11.8 Å². The van der Waals surface area contributed by atoms with Crippen LogP contribution < -0.4 is 5.73 Å². The third kappa shape index (κ3) is 1.28. The molecule has 0 saturated heterocycles. The standard InChI is InChI=1S/C8H10N4O/c9-5-6(13)7-8-11-2-4-12(8)3-1-10-7/h1-4,6,13H,5,9H2. The molecule has 2 aromatic heterocycles. The first-order valence-electron chi connectivity index (χ1n) is 3.98. The number of aliphatic hydroxyl groups excluding tert-OH is 1. The van der Waals surface area contributed by atoms with Gasteiger partial charge in [0.25, 0.3) is 0 Å². The maximum atomic E-state index is 9.50. The highest BCUT2D eigenvalue weighted by Gasteiger charge is 2.11. The van der Waals surface area contributed by atoms with Crippen LogP contribution in [0.25, 0.3) is 5.65 Å². The molecular weight excluding hydrogens is 168 g/mol. The fourth-order valence-electron chi connectivity index (χ4n) is 1.22. The van der Waals surface area contributed by atoms with Gasteiger partial charge in [-0.15, -0.1) is 0 Å². The maximum Gasteiger partial charge on any atom is 0.161 e. The van der Waals surface area contributed by atoms with E-state index in [0.29, 0.717) is 11.3 Å². The van der Waals surface area contributed by atoms with Gasteiger partial charge in [-0.2, -0.15) is 0 Å². The number of imidazole rings is 1. The average Bonchev–Trinajstić information content (AvgIpc) is 2.63. The summed E-state index contributed by atoms with van der Waals surface area (Å²) in [5.74, 6) is 0. The predicted octanol–water partition coefficient (Wildman–Crippen LogP) is -0.279. The van der Waals surface area contributed by atoms with Crippen molar-refractivity contribution in [1.82, 2.24) is 14.4 Å². The van der Waals surface area contributed by atoms with Crippen LogP contribution in [0.3, 0.4) is 0 Å². The van der Waals surface area contributed by atoms with E-state index in [4.69, 9.17) is 5.73 Å². The van der Waals surface area contributed by atoms with Crippen LogP contribution in [0.2, 0.25) is 0 Å². The van der Waals surface area contributed by atoms with Crippen molar-refractivity contribution >= 4 is 5.65 Å². The molecule has 5 nitrogen and oxygen atoms in total. The van der Waals surface area contributed by atoms with Gasteiger partial charge in [0.15, 0.2) is 5.65 Å². The van der Waals surface area contributed by atoms with Gasteiger partial charge in [0, 0.05) is 31.3 Å². The number of hydrogen-bond acceptors (Lipinski definition) is 4. The zero-order chi connectivity index (χ0) is 9.26. The Labute approximate surface area is 74.9 Å². The van der Waals surface area contributed by atoms with Gasteiger partial charge >= 0.3 is 0 Å². The Bertz CT molecular complexity index is 411. The molecule has 0 fully saturated rings. The van der Waals surface area contributed by atoms with Gasteiger partial charge in [0.2, 0.25) is 0 Å². The summed E-state index contributed by atoms with van der Waals surface area (Å²) in [5, 5.41) is 9.50. The Balaban J connectivity index is 2.60. The van der Waals surface area contributed by atoms with Crippen LogP contribution in [0.5, 0.6) is 0 Å². The van der Waals surface area contributed by atoms with Gasteiger partial charge in [-0.1, -0.05) is 0 Å². The van der Waals surface area contributed by atoms with Crippen LogP contribution in [-0.4, -0.2) is 26.0 Å². The van der Waals surface area contributed by atoms with Gasteiger partial charge in [0.05, 0.1) is 0 Å². The number of nitrogens with zero attached hydrogens (tertiary/aromatic N) is 3. The minimum atomic E-state index is -0.744. The normalized spacial score (nSPS) is 13.4. The van der Waals surface area contributed by atoms with E-state index in [0.717, 1.165) is 0 Å². The van der Waals surface area contributed by atoms with Crippen molar-refractivity contribution in [1.29, 1.82) is 0 Å². The van der Waals surface area contributed by atoms with Crippen molar-refractivity contribution < 1.29 is 5.11 Å². The summed E-state index contributed by atoms with van der Waals surface area (Å²) >= 11 is 0. The molecule has 0 radical (unpaired) electrons. The number of rotatable bonds is 2. The van der Waals surface area contributed by atoms with E-state index in [2.05, 4.69) is 9.97 Å². The molecule has 1 atom stereocenters. The van der Waals surface area contributed by atoms with Crippen LogP contribution in [0.1, 0.15) is 11.8 Å². The van der Waals surface area contributed by atoms with Crippen molar-refractivity contribution in [2.24, 2.45) is 5.73 Å². The Morgan fingerprint density at radius 1 is 1.38 bits per heavy atom. The second-order valence-corrected chi connectivity index (χ2v) is 2.72. The second kappa shape index (κ2) is 3.12. The van der Waals surface area contributed by atoms with E-state index in [1.165, 1.54) is 0 Å². The number of aromatic nitrogens is 3. The molecule has 0 spiro atoms. The van der Waals surface area contributed by atoms with Gasteiger partial charge < -0.3 is 15.2 Å². The molecule has 13 heavy (non-hydrogen) atoms. The monoisotopic (exact) mass is 178 g/mol. The molecule has 2 aromatic rings. The van der Waals surface area contributed by atoms with E-state index in [1.807, 2.05) is 0 Å². The molecule has 1 unspecified atom stereocenters. The summed E-state index contributed by atoms with van der Waals surface area (Å²) in [6, 6.07) is 0. The molecule has 3 N–H and O–H groups in total. The lowest BCUT2D eigenvalue weighted by Crippen LogP contribution is -2.14. The SMILES string of the molecule is NCC(O)c1nccn2ccnc12. The molecule has 2 rings (SSSR count). The number of fused-ring (bicyclic) bond motifs is 1. The molecular formula is C8H10N4O. The highest BCUT2D eigenvalue weighted by molar-refractivity contribution is 5.44. The topological polar surface area (TPSA) is 76.4 Å². The first-order chi connectivity index (χ1) is 6.33. The van der Waals surface area contributed by atoms with Gasteiger partial charge in [-0.05, 0) is 0 Å². The molecule has 0 aliphatic carbocycles. The Morgan fingerprint density at radius 3 is 2.77 bits per heavy atom. The molecule has 2 heterocycles. The lowest BCUT2D eigenvalue weighted by molar-refractivity contribution is 0.183. The number of nitrogens with two attached hydrogens (primary N) is 1. The summed E-state index contributed by atoms with van der Waals surface area (Å²) in [6.07, 6.45) is 6.09. The van der Waals surface area contributed by atoms with Crippen molar-refractivity contribution in [3.63, 3.8) is 0 Å². The lowest BCUT2D eigenvalue weighted by atomic mass is 10.2. The van der Waals surface area contributed by atoms with E-state index in [1.54, 1.807) is 29.2 Å². The summed E-state index contributed by atoms with van der Waals surface area (Å²) in [7, 11) is 0. The Morgan fingerprint density at radius 2 is 2.08 bits per heavy atom. The molecule has 0 amide bonds. The van der Waals surface area contributed by atoms with Crippen molar-refractivity contribution in [3.05, 3.63) is 30.5 Å². The fraction of sp³-hybridized carbons (Fsp3) is 0.250. The highest BCUT2D eigenvalue weighted by Crippen LogP contribution is 2.13. The molecule has 0 aromatic carbocycles. The molecule has 0 bridgehead atoms. The van der Waals surface area contributed by atoms with Gasteiger partial charge in [-0.3, -0.25) is 4.98 Å². The smallest absolute Gasteiger partial charge is 0.161 e. The largest absolute Gasteiger partial charge is 0.385 e. The third-order valence-corrected chi connectivity index (χ3v) is 1.88. The van der Waals surface area contributed by atoms with E-state index in [9.17, 15) is 5.11 Å². The van der Waals surface area contributed by atoms with Crippen LogP contribution >= 0.6 is 0 Å². The van der Waals surface area contributed by atoms with E-state index in [-0.39, 0.29) is 6.54 Å². The van der Waals surface area contributed by atoms with Crippen LogP contribution in [-0.2, 0) is 0 Å². The quantitative estimate of drug-likeness (QED) is 0.663. The molecule has 0 aliphatic heterocycles. The summed E-state index contributed by atoms with van der Waals surface area (Å²) in [6.45, 7) is 0.152. The molecule has 5 heteroatoms. The predicted molar refractivity (Wildman–Crippen MR) is 47.0 cm³/mol. The third-order valence-electron chi connectivity index (χ3n) is 1.88. The van der Waals surface area contributed by atoms with E-state index < -0.39 is 6.10 Å². The van der Waals surface area contributed by atoms with E-state index >= 15 is 0 Å². The van der Waals surface area contributed by atoms with Crippen LogP contribution in [0.4, 0.5) is 0 Å². The minimum Gasteiger partial charge on any atom is -0.385 e. The highest BCUT2D eigenvalue weighted by atomic mass is 16.3. The molecule has 0 aliphatic rings. The molecule has 68 valence electrons. The zero-order valence-electron chi connectivity index (χ0n) is 6.96. The number of aliphatic hydroxyl groups is 1. The molecule has 0 saturated carbocycles. The summed E-state index contributed by atoms with van der Waals surface area (Å²) < 4.78 is 1.79. The maximum absolute atomic E-state index is 9.50. The van der Waals surface area contributed by atoms with Crippen molar-refractivity contribution in [2.75, 3.05) is 6.54 Å². The minimum absolute atomic E-state index is 0.152. The number of hydrogen-bond donors (Lipinski definition) is 2. The Hall–Kier alpha value is -1.46. The second-order valence-electron chi connectivity index (χ2n) is 2.72. The average molecular weight is 178 g/mol. The zero-order valence-corrected chi connectivity index (χ0v) is 6.96. The van der Waals surface area contributed by atoms with Crippen LogP contribution in [0.15, 0.2) is 24.8 Å².